The minimum absolute atomic E-state index is 0.0591. The van der Waals surface area contributed by atoms with Crippen molar-refractivity contribution in [3.05, 3.63) is 12.2 Å². The van der Waals surface area contributed by atoms with E-state index in [1.807, 2.05) is 12.2 Å². The van der Waals surface area contributed by atoms with E-state index in [0.717, 1.165) is 19.3 Å². The fourth-order valence-corrected chi connectivity index (χ4v) is 4.42. The molecule has 0 aromatic heterocycles. The normalized spacial score (nSPS) is 29.8. The molecule has 0 aromatic rings. The Bertz CT molecular complexity index is 417. The molecular weight excluding hydrogens is 312 g/mol. The summed E-state index contributed by atoms with van der Waals surface area (Å²) >= 11 is 0. The second-order valence-electron chi connectivity index (χ2n) is 8.25. The van der Waals surface area contributed by atoms with Crippen LogP contribution in [0.2, 0.25) is 0 Å². The molecule has 2 aliphatic rings. The number of hydrogen-bond acceptors (Lipinski definition) is 3. The lowest BCUT2D eigenvalue weighted by Gasteiger charge is -2.30. The fourth-order valence-electron chi connectivity index (χ4n) is 4.42. The number of Topliss-reactive ketones (excluding diaryl/α,β-unsaturated/α-hetero) is 1. The number of carbonyl (C=O) groups is 1. The van der Waals surface area contributed by atoms with Gasteiger partial charge in [0.1, 0.15) is 5.78 Å². The molecule has 2 fully saturated rings. The molecule has 3 nitrogen and oxygen atoms in total. The van der Waals surface area contributed by atoms with E-state index in [1.165, 1.54) is 57.8 Å². The highest BCUT2D eigenvalue weighted by Gasteiger charge is 2.51. The van der Waals surface area contributed by atoms with Crippen LogP contribution in [0.25, 0.3) is 0 Å². The lowest BCUT2D eigenvalue weighted by atomic mass is 9.74. The molecule has 2 rings (SSSR count). The van der Waals surface area contributed by atoms with Crippen molar-refractivity contribution in [2.24, 2.45) is 17.8 Å². The monoisotopic (exact) mass is 350 g/mol. The number of unbranched alkanes of at least 4 members (excludes halogenated alkanes) is 9. The van der Waals surface area contributed by atoms with Gasteiger partial charge in [-0.1, -0.05) is 83.3 Å². The Morgan fingerprint density at radius 1 is 1.04 bits per heavy atom. The van der Waals surface area contributed by atoms with Crippen LogP contribution in [0.3, 0.4) is 0 Å². The predicted octanol–water partition coefficient (Wildman–Crippen LogP) is 4.80. The molecule has 3 heteroatoms. The van der Waals surface area contributed by atoms with Gasteiger partial charge in [-0.3, -0.25) is 4.79 Å². The van der Waals surface area contributed by atoms with Crippen molar-refractivity contribution in [1.82, 2.24) is 0 Å². The summed E-state index contributed by atoms with van der Waals surface area (Å²) in [6, 6.07) is 0. The Balaban J connectivity index is 1.46. The molecule has 0 aliphatic heterocycles. The zero-order valence-electron chi connectivity index (χ0n) is 16.0. The third kappa shape index (κ3) is 6.53. The van der Waals surface area contributed by atoms with Crippen molar-refractivity contribution in [3.63, 3.8) is 0 Å². The van der Waals surface area contributed by atoms with Gasteiger partial charge in [-0.25, -0.2) is 0 Å². The number of hydrogen-bond donors (Lipinski definition) is 2. The first-order chi connectivity index (χ1) is 12.1. The summed E-state index contributed by atoms with van der Waals surface area (Å²) in [5.41, 5.74) is 0. The van der Waals surface area contributed by atoms with Crippen LogP contribution in [-0.4, -0.2) is 28.2 Å². The van der Waals surface area contributed by atoms with Crippen LogP contribution in [0.15, 0.2) is 12.2 Å². The lowest BCUT2D eigenvalue weighted by molar-refractivity contribution is -0.135. The number of fused-ring (bicyclic) bond motifs is 1. The van der Waals surface area contributed by atoms with Crippen molar-refractivity contribution < 1.29 is 15.0 Å². The summed E-state index contributed by atoms with van der Waals surface area (Å²) < 4.78 is 0. The zero-order chi connectivity index (χ0) is 18.1. The Hall–Kier alpha value is -0.670. The third-order valence-electron chi connectivity index (χ3n) is 6.20. The van der Waals surface area contributed by atoms with Gasteiger partial charge in [-0.15, -0.1) is 0 Å². The second-order valence-corrected chi connectivity index (χ2v) is 8.25. The van der Waals surface area contributed by atoms with Crippen LogP contribution in [-0.2, 0) is 4.79 Å². The van der Waals surface area contributed by atoms with Gasteiger partial charge in [0.15, 0.2) is 0 Å². The summed E-state index contributed by atoms with van der Waals surface area (Å²) in [7, 11) is 0. The molecule has 144 valence electrons. The molecule has 0 radical (unpaired) electrons. The first-order valence-corrected chi connectivity index (χ1v) is 10.7. The molecular formula is C22H38O3. The standard InChI is InChI=1S/C22H38O3/c1-2-3-4-5-6-7-8-9-10-11-12-18(23)14-13-17-15-19-20(22(17)25)16-21(19)24/h13-14,17-20,22-23,25H,2-12,15-16H2,1H3/t17?,18?,19-,20+,22?/m0/s1. The SMILES string of the molecule is CCCCCCCCCCCCC(O)C=CC1C[C@@H]2C(=O)C[C@H]2C1O. The number of aliphatic hydroxyl groups is 2. The van der Waals surface area contributed by atoms with Gasteiger partial charge in [0.05, 0.1) is 12.2 Å². The van der Waals surface area contributed by atoms with Crippen molar-refractivity contribution in [2.75, 3.05) is 0 Å². The van der Waals surface area contributed by atoms with E-state index in [2.05, 4.69) is 6.92 Å². The molecule has 0 heterocycles. The highest BCUT2D eigenvalue weighted by molar-refractivity contribution is 5.88. The Morgan fingerprint density at radius 2 is 1.64 bits per heavy atom. The van der Waals surface area contributed by atoms with Crippen LogP contribution in [0.5, 0.6) is 0 Å². The van der Waals surface area contributed by atoms with Gasteiger partial charge in [0, 0.05) is 24.2 Å². The maximum Gasteiger partial charge on any atom is 0.136 e. The van der Waals surface area contributed by atoms with Gasteiger partial charge in [-0.2, -0.15) is 0 Å². The number of aliphatic hydroxyl groups excluding tert-OH is 2. The van der Waals surface area contributed by atoms with E-state index in [9.17, 15) is 15.0 Å². The number of ketones is 1. The van der Waals surface area contributed by atoms with E-state index in [-0.39, 0.29) is 23.9 Å². The van der Waals surface area contributed by atoms with Gasteiger partial charge in [0.2, 0.25) is 0 Å². The largest absolute Gasteiger partial charge is 0.392 e. The molecule has 0 amide bonds. The van der Waals surface area contributed by atoms with Crippen LogP contribution in [0, 0.1) is 17.8 Å². The van der Waals surface area contributed by atoms with E-state index in [4.69, 9.17) is 0 Å². The van der Waals surface area contributed by atoms with Crippen LogP contribution in [0.1, 0.15) is 90.4 Å². The first kappa shape index (κ1) is 20.6. The molecule has 25 heavy (non-hydrogen) atoms. The first-order valence-electron chi connectivity index (χ1n) is 10.7. The van der Waals surface area contributed by atoms with E-state index < -0.39 is 6.10 Å². The maximum atomic E-state index is 11.5. The summed E-state index contributed by atoms with van der Waals surface area (Å²) in [6.07, 6.45) is 18.2. The molecule has 2 saturated carbocycles. The van der Waals surface area contributed by atoms with E-state index in [0.29, 0.717) is 12.2 Å². The number of carbonyl (C=O) groups excluding carboxylic acids is 1. The Kier molecular flexibility index (Phi) is 9.19. The molecule has 5 atom stereocenters. The zero-order valence-corrected chi connectivity index (χ0v) is 16.0. The van der Waals surface area contributed by atoms with Crippen LogP contribution in [0.4, 0.5) is 0 Å². The minimum atomic E-state index is -0.407. The lowest BCUT2D eigenvalue weighted by Crippen LogP contribution is -2.38. The fraction of sp³-hybridized carbons (Fsp3) is 0.864. The van der Waals surface area contributed by atoms with Crippen molar-refractivity contribution in [3.8, 4) is 0 Å². The summed E-state index contributed by atoms with van der Waals surface area (Å²) in [5.74, 6) is 0.639. The predicted molar refractivity (Wildman–Crippen MR) is 102 cm³/mol. The van der Waals surface area contributed by atoms with Crippen LogP contribution < -0.4 is 0 Å². The van der Waals surface area contributed by atoms with Crippen molar-refractivity contribution >= 4 is 5.78 Å². The van der Waals surface area contributed by atoms with Gasteiger partial charge in [-0.05, 0) is 12.8 Å². The van der Waals surface area contributed by atoms with Gasteiger partial charge < -0.3 is 10.2 Å². The molecule has 3 unspecified atom stereocenters. The Morgan fingerprint density at radius 3 is 2.20 bits per heavy atom. The summed E-state index contributed by atoms with van der Waals surface area (Å²) in [4.78, 5) is 11.5. The summed E-state index contributed by atoms with van der Waals surface area (Å²) in [5, 5.41) is 20.3. The topological polar surface area (TPSA) is 57.5 Å². The average Bonchev–Trinajstić information content (AvgIpc) is 2.85. The number of rotatable bonds is 13. The molecule has 0 saturated heterocycles. The quantitative estimate of drug-likeness (QED) is 0.370. The highest BCUT2D eigenvalue weighted by Crippen LogP contribution is 2.47. The molecule has 2 aliphatic carbocycles. The van der Waals surface area contributed by atoms with Crippen LogP contribution >= 0.6 is 0 Å². The molecule has 0 aromatic carbocycles. The van der Waals surface area contributed by atoms with Gasteiger partial charge in [0.25, 0.3) is 0 Å². The third-order valence-corrected chi connectivity index (χ3v) is 6.20. The van der Waals surface area contributed by atoms with Crippen molar-refractivity contribution in [2.45, 2.75) is 103 Å². The molecule has 0 spiro atoms. The van der Waals surface area contributed by atoms with E-state index in [1.54, 1.807) is 0 Å². The average molecular weight is 351 g/mol. The van der Waals surface area contributed by atoms with Crippen molar-refractivity contribution in [1.29, 1.82) is 0 Å². The second kappa shape index (κ2) is 11.1. The minimum Gasteiger partial charge on any atom is -0.392 e. The molecule has 0 bridgehead atoms. The highest BCUT2D eigenvalue weighted by atomic mass is 16.3. The summed E-state index contributed by atoms with van der Waals surface area (Å²) in [6.45, 7) is 2.25. The Labute approximate surface area is 153 Å². The van der Waals surface area contributed by atoms with E-state index >= 15 is 0 Å². The van der Waals surface area contributed by atoms with Gasteiger partial charge >= 0.3 is 0 Å². The smallest absolute Gasteiger partial charge is 0.136 e. The maximum absolute atomic E-state index is 11.5. The molecule has 2 N–H and O–H groups in total.